The van der Waals surface area contributed by atoms with Crippen LogP contribution in [-0.2, 0) is 4.74 Å². The highest BCUT2D eigenvalue weighted by molar-refractivity contribution is 7.13. The third-order valence-corrected chi connectivity index (χ3v) is 4.83. The summed E-state index contributed by atoms with van der Waals surface area (Å²) in [7, 11) is 0. The zero-order chi connectivity index (χ0) is 15.7. The smallest absolute Gasteiger partial charge is 0.273 e. The zero-order valence-electron chi connectivity index (χ0n) is 12.5. The van der Waals surface area contributed by atoms with Crippen molar-refractivity contribution >= 4 is 28.8 Å². The number of aromatic nitrogens is 1. The molecule has 1 aliphatic heterocycles. The Bertz CT molecular complexity index is 671. The van der Waals surface area contributed by atoms with Crippen molar-refractivity contribution in [2.24, 2.45) is 0 Å². The normalized spacial score (nSPS) is 21.9. The largest absolute Gasteiger partial charge is 0.375 e. The van der Waals surface area contributed by atoms with Gasteiger partial charge in [-0.2, -0.15) is 0 Å². The Morgan fingerprint density at radius 3 is 2.82 bits per heavy atom. The molecule has 116 valence electrons. The molecule has 0 N–H and O–H groups in total. The maximum absolute atomic E-state index is 12.6. The van der Waals surface area contributed by atoms with Gasteiger partial charge in [-0.1, -0.05) is 23.7 Å². The number of morpholine rings is 1. The van der Waals surface area contributed by atoms with Crippen LogP contribution in [0.2, 0.25) is 5.02 Å². The first-order chi connectivity index (χ1) is 10.5. The first kappa shape index (κ1) is 15.5. The minimum Gasteiger partial charge on any atom is -0.375 e. The Morgan fingerprint density at radius 1 is 1.36 bits per heavy atom. The SMILES string of the molecule is CC1CN(C(=O)c2csc(-c3ccc(Cl)cc3)n2)C(C)CO1. The molecule has 1 aromatic carbocycles. The molecule has 2 atom stereocenters. The lowest BCUT2D eigenvalue weighted by Crippen LogP contribution is -2.50. The van der Waals surface area contributed by atoms with Crippen molar-refractivity contribution in [1.82, 2.24) is 9.88 Å². The van der Waals surface area contributed by atoms with Crippen molar-refractivity contribution in [1.29, 1.82) is 0 Å². The van der Waals surface area contributed by atoms with E-state index in [1.165, 1.54) is 11.3 Å². The summed E-state index contributed by atoms with van der Waals surface area (Å²) in [5.74, 6) is -0.0286. The van der Waals surface area contributed by atoms with Crippen molar-refractivity contribution in [2.75, 3.05) is 13.2 Å². The Balaban J connectivity index is 1.81. The van der Waals surface area contributed by atoms with Crippen molar-refractivity contribution in [2.45, 2.75) is 26.0 Å². The number of nitrogens with zero attached hydrogens (tertiary/aromatic N) is 2. The molecule has 1 saturated heterocycles. The van der Waals surface area contributed by atoms with Gasteiger partial charge in [0.1, 0.15) is 10.7 Å². The van der Waals surface area contributed by atoms with E-state index in [4.69, 9.17) is 16.3 Å². The van der Waals surface area contributed by atoms with E-state index in [-0.39, 0.29) is 18.1 Å². The summed E-state index contributed by atoms with van der Waals surface area (Å²) >= 11 is 7.37. The average Bonchev–Trinajstić information content (AvgIpc) is 2.99. The molecule has 1 aliphatic rings. The molecule has 0 bridgehead atoms. The minimum atomic E-state index is -0.0286. The molecule has 1 aromatic heterocycles. The predicted molar refractivity (Wildman–Crippen MR) is 88.5 cm³/mol. The van der Waals surface area contributed by atoms with E-state index < -0.39 is 0 Å². The fraction of sp³-hybridized carbons (Fsp3) is 0.375. The highest BCUT2D eigenvalue weighted by atomic mass is 35.5. The number of halogens is 1. The van der Waals surface area contributed by atoms with Gasteiger partial charge in [-0.3, -0.25) is 4.79 Å². The second-order valence-corrected chi connectivity index (χ2v) is 6.79. The molecule has 22 heavy (non-hydrogen) atoms. The standard InChI is InChI=1S/C16H17ClN2O2S/c1-10-8-21-11(2)7-19(10)16(20)14-9-22-15(18-14)12-3-5-13(17)6-4-12/h3-6,9-11H,7-8H2,1-2H3. The van der Waals surface area contributed by atoms with Gasteiger partial charge in [0.05, 0.1) is 18.8 Å². The molecule has 0 radical (unpaired) electrons. The number of benzene rings is 1. The topological polar surface area (TPSA) is 42.4 Å². The number of rotatable bonds is 2. The van der Waals surface area contributed by atoms with Crippen LogP contribution in [0.25, 0.3) is 10.6 Å². The monoisotopic (exact) mass is 336 g/mol. The molecule has 6 heteroatoms. The van der Waals surface area contributed by atoms with Crippen LogP contribution in [0.15, 0.2) is 29.6 Å². The quantitative estimate of drug-likeness (QED) is 0.839. The third-order valence-electron chi connectivity index (χ3n) is 3.68. The maximum atomic E-state index is 12.6. The number of hydrogen-bond acceptors (Lipinski definition) is 4. The molecule has 1 amide bonds. The number of carbonyl (C=O) groups is 1. The highest BCUT2D eigenvalue weighted by Crippen LogP contribution is 2.26. The summed E-state index contributed by atoms with van der Waals surface area (Å²) in [4.78, 5) is 19.0. The average molecular weight is 337 g/mol. The number of amides is 1. The first-order valence-electron chi connectivity index (χ1n) is 7.18. The Hall–Kier alpha value is -1.43. The summed E-state index contributed by atoms with van der Waals surface area (Å²) in [5, 5.41) is 3.33. The molecule has 0 spiro atoms. The van der Waals surface area contributed by atoms with Crippen molar-refractivity contribution in [3.8, 4) is 10.6 Å². The summed E-state index contributed by atoms with van der Waals surface area (Å²) in [6.07, 6.45) is 0.0644. The summed E-state index contributed by atoms with van der Waals surface area (Å²) in [6.45, 7) is 5.15. The van der Waals surface area contributed by atoms with Gasteiger partial charge in [0.15, 0.2) is 0 Å². The third kappa shape index (κ3) is 3.16. The van der Waals surface area contributed by atoms with Gasteiger partial charge in [-0.25, -0.2) is 4.98 Å². The minimum absolute atomic E-state index is 0.0286. The van der Waals surface area contributed by atoms with Crippen LogP contribution in [0.4, 0.5) is 0 Å². The second kappa shape index (κ2) is 6.36. The van der Waals surface area contributed by atoms with Crippen LogP contribution in [-0.4, -0.2) is 41.1 Å². The summed E-state index contributed by atoms with van der Waals surface area (Å²) < 4.78 is 5.57. The lowest BCUT2D eigenvalue weighted by Gasteiger charge is -2.36. The molecule has 3 rings (SSSR count). The van der Waals surface area contributed by atoms with E-state index in [1.54, 1.807) is 0 Å². The van der Waals surface area contributed by atoms with Gasteiger partial charge in [0.25, 0.3) is 5.91 Å². The zero-order valence-corrected chi connectivity index (χ0v) is 14.0. The van der Waals surface area contributed by atoms with E-state index in [2.05, 4.69) is 4.98 Å². The molecule has 2 unspecified atom stereocenters. The van der Waals surface area contributed by atoms with Crippen LogP contribution in [0.1, 0.15) is 24.3 Å². The van der Waals surface area contributed by atoms with Crippen molar-refractivity contribution < 1.29 is 9.53 Å². The number of carbonyl (C=O) groups excluding carboxylic acids is 1. The Labute approximate surface area is 138 Å². The second-order valence-electron chi connectivity index (χ2n) is 5.50. The van der Waals surface area contributed by atoms with Crippen LogP contribution >= 0.6 is 22.9 Å². The van der Waals surface area contributed by atoms with Gasteiger partial charge in [0.2, 0.25) is 0 Å². The Kier molecular flexibility index (Phi) is 4.47. The van der Waals surface area contributed by atoms with E-state index >= 15 is 0 Å². The van der Waals surface area contributed by atoms with Crippen molar-refractivity contribution in [3.05, 3.63) is 40.4 Å². The number of hydrogen-bond donors (Lipinski definition) is 0. The van der Waals surface area contributed by atoms with E-state index in [0.717, 1.165) is 10.6 Å². The van der Waals surface area contributed by atoms with Gasteiger partial charge in [0, 0.05) is 22.5 Å². The Morgan fingerprint density at radius 2 is 2.09 bits per heavy atom. The van der Waals surface area contributed by atoms with E-state index in [9.17, 15) is 4.79 Å². The van der Waals surface area contributed by atoms with Crippen molar-refractivity contribution in [3.63, 3.8) is 0 Å². The van der Waals surface area contributed by atoms with Gasteiger partial charge < -0.3 is 9.64 Å². The molecule has 2 heterocycles. The molecule has 2 aromatic rings. The predicted octanol–water partition coefficient (Wildman–Crippen LogP) is 3.71. The first-order valence-corrected chi connectivity index (χ1v) is 8.44. The van der Waals surface area contributed by atoms with Gasteiger partial charge >= 0.3 is 0 Å². The maximum Gasteiger partial charge on any atom is 0.273 e. The molecule has 0 saturated carbocycles. The van der Waals surface area contributed by atoms with Crippen LogP contribution in [0.3, 0.4) is 0 Å². The van der Waals surface area contributed by atoms with Gasteiger partial charge in [-0.05, 0) is 26.0 Å². The van der Waals surface area contributed by atoms with Crippen LogP contribution in [0.5, 0.6) is 0 Å². The lowest BCUT2D eigenvalue weighted by molar-refractivity contribution is -0.0388. The summed E-state index contributed by atoms with van der Waals surface area (Å²) in [6, 6.07) is 7.55. The fourth-order valence-electron chi connectivity index (χ4n) is 2.43. The van der Waals surface area contributed by atoms with Gasteiger partial charge in [-0.15, -0.1) is 11.3 Å². The van der Waals surface area contributed by atoms with Crippen LogP contribution < -0.4 is 0 Å². The van der Waals surface area contributed by atoms with E-state index in [1.807, 2.05) is 48.4 Å². The number of thiazole rings is 1. The fourth-order valence-corrected chi connectivity index (χ4v) is 3.36. The molecular weight excluding hydrogens is 320 g/mol. The molecule has 4 nitrogen and oxygen atoms in total. The highest BCUT2D eigenvalue weighted by Gasteiger charge is 2.29. The summed E-state index contributed by atoms with van der Waals surface area (Å²) in [5.41, 5.74) is 1.47. The number of ether oxygens (including phenoxy) is 1. The van der Waals surface area contributed by atoms with E-state index in [0.29, 0.717) is 23.9 Å². The lowest BCUT2D eigenvalue weighted by atomic mass is 10.2. The molecular formula is C16H17ClN2O2S. The molecule has 1 fully saturated rings. The molecule has 0 aliphatic carbocycles. The van der Waals surface area contributed by atoms with Crippen LogP contribution in [0, 0.1) is 0 Å².